The van der Waals surface area contributed by atoms with Gasteiger partial charge in [-0.3, -0.25) is 9.80 Å². The highest BCUT2D eigenvalue weighted by Gasteiger charge is 2.43. The summed E-state index contributed by atoms with van der Waals surface area (Å²) >= 11 is 6.16. The van der Waals surface area contributed by atoms with Crippen LogP contribution in [0.4, 0.5) is 27.8 Å². The first-order valence-electron chi connectivity index (χ1n) is 9.94. The highest BCUT2D eigenvalue weighted by atomic mass is 35.5. The van der Waals surface area contributed by atoms with Gasteiger partial charge in [0, 0.05) is 25.8 Å². The van der Waals surface area contributed by atoms with Gasteiger partial charge in [-0.15, -0.1) is 5.10 Å². The summed E-state index contributed by atoms with van der Waals surface area (Å²) < 4.78 is 71.7. The van der Waals surface area contributed by atoms with Crippen molar-refractivity contribution < 1.29 is 31.5 Å². The lowest BCUT2D eigenvalue weighted by Crippen LogP contribution is -2.32. The number of benzene rings is 1. The maximum atomic E-state index is 13.8. The molecule has 7 nitrogen and oxygen atoms in total. The summed E-state index contributed by atoms with van der Waals surface area (Å²) in [5.41, 5.74) is 2.95. The molecule has 2 aliphatic rings. The number of anilines is 1. The summed E-state index contributed by atoms with van der Waals surface area (Å²) in [6, 6.07) is 4.90. The number of nitrogens with one attached hydrogen (secondary N) is 2. The number of aromatic nitrogens is 2. The number of hydrogen-bond acceptors (Lipinski definition) is 5. The molecule has 1 fully saturated rings. The molecule has 1 aromatic heterocycles. The van der Waals surface area contributed by atoms with Crippen LogP contribution in [-0.2, 0) is 13.2 Å². The maximum absolute atomic E-state index is 13.8. The van der Waals surface area contributed by atoms with Crippen molar-refractivity contribution in [2.75, 3.05) is 18.2 Å². The Morgan fingerprint density at radius 1 is 1.36 bits per heavy atom. The predicted molar refractivity (Wildman–Crippen MR) is 110 cm³/mol. The Balaban J connectivity index is 1.65. The molecular weight excluding hydrogens is 473 g/mol. The highest BCUT2D eigenvalue weighted by Crippen LogP contribution is 2.43. The zero-order valence-corrected chi connectivity index (χ0v) is 18.0. The summed E-state index contributed by atoms with van der Waals surface area (Å²) in [6.45, 7) is -1.08. The van der Waals surface area contributed by atoms with Gasteiger partial charge in [0.1, 0.15) is 0 Å². The van der Waals surface area contributed by atoms with Crippen LogP contribution in [-0.4, -0.2) is 41.3 Å². The molecule has 2 N–H and O–H groups in total. The van der Waals surface area contributed by atoms with E-state index in [2.05, 4.69) is 20.6 Å². The molecule has 0 radical (unpaired) electrons. The number of alkyl halides is 5. The van der Waals surface area contributed by atoms with Crippen molar-refractivity contribution in [3.63, 3.8) is 0 Å². The number of carbonyl (C=O) groups excluding carboxylic acids is 1. The number of halogens is 6. The van der Waals surface area contributed by atoms with E-state index >= 15 is 0 Å². The third-order valence-corrected chi connectivity index (χ3v) is 5.39. The summed E-state index contributed by atoms with van der Waals surface area (Å²) in [5, 5.41) is 7.83. The van der Waals surface area contributed by atoms with E-state index in [-0.39, 0.29) is 29.1 Å². The van der Waals surface area contributed by atoms with E-state index in [1.54, 1.807) is 18.2 Å². The summed E-state index contributed by atoms with van der Waals surface area (Å²) in [7, 11) is 1.25. The Bertz CT molecular complexity index is 1100. The fraction of sp³-hybridized carbons (Fsp3) is 0.400. The fourth-order valence-corrected chi connectivity index (χ4v) is 3.58. The van der Waals surface area contributed by atoms with Crippen LogP contribution in [0.2, 0.25) is 5.02 Å². The third-order valence-electron chi connectivity index (χ3n) is 5.06. The van der Waals surface area contributed by atoms with Crippen molar-refractivity contribution in [3.05, 3.63) is 46.1 Å². The van der Waals surface area contributed by atoms with E-state index in [4.69, 9.17) is 11.6 Å². The van der Waals surface area contributed by atoms with E-state index in [0.717, 1.165) is 22.5 Å². The van der Waals surface area contributed by atoms with E-state index in [1.165, 1.54) is 13.2 Å². The van der Waals surface area contributed by atoms with E-state index in [1.807, 2.05) is 0 Å². The number of hydrazine groups is 1. The van der Waals surface area contributed by atoms with Crippen LogP contribution in [0.25, 0.3) is 5.57 Å². The van der Waals surface area contributed by atoms with Crippen LogP contribution in [0.5, 0.6) is 5.88 Å². The lowest BCUT2D eigenvalue weighted by molar-refractivity contribution is -0.138. The van der Waals surface area contributed by atoms with Crippen LogP contribution in [0, 0.1) is 0 Å². The van der Waals surface area contributed by atoms with Gasteiger partial charge in [0.2, 0.25) is 5.88 Å². The molecule has 4 rings (SSSR count). The standard InChI is InChI=1S/C20H19ClF5N5O2/c1-30-19(16(20(24,25)26)18(29-30)33-9-15(22)23)31-8-11(7-27-31)10-2-5-14(21)13(6-10)17(32)28-12-3-4-12/h2,5-6,8,12,15,27H,3-4,7,9H2,1H3,(H,28,32). The topological polar surface area (TPSA) is 71.4 Å². The first kappa shape index (κ1) is 23.3. The van der Waals surface area contributed by atoms with Crippen molar-refractivity contribution in [1.82, 2.24) is 20.5 Å². The summed E-state index contributed by atoms with van der Waals surface area (Å²) in [4.78, 5) is 12.4. The zero-order valence-electron chi connectivity index (χ0n) is 17.2. The van der Waals surface area contributed by atoms with Crippen molar-refractivity contribution in [3.8, 4) is 5.88 Å². The molecule has 1 amide bonds. The van der Waals surface area contributed by atoms with Gasteiger partial charge < -0.3 is 10.1 Å². The average molecular weight is 492 g/mol. The van der Waals surface area contributed by atoms with E-state index in [0.29, 0.717) is 11.1 Å². The number of hydrogen-bond donors (Lipinski definition) is 2. The Kier molecular flexibility index (Phi) is 6.23. The smallest absolute Gasteiger partial charge is 0.425 e. The number of nitrogens with zero attached hydrogens (tertiary/aromatic N) is 3. The van der Waals surface area contributed by atoms with Gasteiger partial charge in [0.25, 0.3) is 12.3 Å². The molecule has 178 valence electrons. The number of aryl methyl sites for hydroxylation is 1. The second-order valence-corrected chi connectivity index (χ2v) is 8.04. The Morgan fingerprint density at radius 2 is 2.09 bits per heavy atom. The zero-order chi connectivity index (χ0) is 23.9. The first-order valence-corrected chi connectivity index (χ1v) is 10.3. The van der Waals surface area contributed by atoms with Gasteiger partial charge in [0.05, 0.1) is 10.6 Å². The monoisotopic (exact) mass is 491 g/mol. The summed E-state index contributed by atoms with van der Waals surface area (Å²) in [5.74, 6) is -1.68. The second kappa shape index (κ2) is 8.82. The van der Waals surface area contributed by atoms with Crippen LogP contribution >= 0.6 is 11.6 Å². The van der Waals surface area contributed by atoms with Gasteiger partial charge in [-0.2, -0.15) is 13.2 Å². The number of carbonyl (C=O) groups is 1. The van der Waals surface area contributed by atoms with Crippen LogP contribution in [0.1, 0.15) is 34.3 Å². The Hall–Kier alpha value is -2.86. The molecule has 0 bridgehead atoms. The van der Waals surface area contributed by atoms with Gasteiger partial charge in [-0.05, 0) is 36.1 Å². The molecule has 1 aromatic carbocycles. The predicted octanol–water partition coefficient (Wildman–Crippen LogP) is 3.99. The van der Waals surface area contributed by atoms with Crippen LogP contribution in [0.15, 0.2) is 24.4 Å². The maximum Gasteiger partial charge on any atom is 0.425 e. The minimum Gasteiger partial charge on any atom is -0.470 e. The van der Waals surface area contributed by atoms with Crippen LogP contribution < -0.4 is 20.5 Å². The quantitative estimate of drug-likeness (QED) is 0.573. The molecule has 33 heavy (non-hydrogen) atoms. The number of amides is 1. The van der Waals surface area contributed by atoms with Crippen molar-refractivity contribution >= 4 is 28.9 Å². The van der Waals surface area contributed by atoms with Gasteiger partial charge >= 0.3 is 6.18 Å². The summed E-state index contributed by atoms with van der Waals surface area (Å²) in [6.07, 6.45) is -4.64. The lowest BCUT2D eigenvalue weighted by Gasteiger charge is -2.18. The molecule has 0 unspecified atom stereocenters. The average Bonchev–Trinajstić information content (AvgIpc) is 3.28. The lowest BCUT2D eigenvalue weighted by atomic mass is 10.0. The molecule has 2 heterocycles. The van der Waals surface area contributed by atoms with Crippen LogP contribution in [0.3, 0.4) is 0 Å². The Morgan fingerprint density at radius 3 is 2.73 bits per heavy atom. The largest absolute Gasteiger partial charge is 0.470 e. The molecule has 1 aliphatic carbocycles. The molecule has 2 aromatic rings. The minimum absolute atomic E-state index is 0.132. The Labute approximate surface area is 190 Å². The number of rotatable bonds is 7. The molecule has 1 saturated carbocycles. The van der Waals surface area contributed by atoms with Crippen molar-refractivity contribution in [2.45, 2.75) is 31.5 Å². The van der Waals surface area contributed by atoms with Gasteiger partial charge in [-0.25, -0.2) is 18.9 Å². The van der Waals surface area contributed by atoms with Gasteiger partial charge in [-0.1, -0.05) is 17.7 Å². The molecule has 0 spiro atoms. The van der Waals surface area contributed by atoms with Crippen molar-refractivity contribution in [1.29, 1.82) is 0 Å². The number of ether oxygens (including phenoxy) is 1. The molecule has 0 atom stereocenters. The molecule has 13 heteroatoms. The fourth-order valence-electron chi connectivity index (χ4n) is 3.38. The second-order valence-electron chi connectivity index (χ2n) is 7.63. The minimum atomic E-state index is -4.91. The third kappa shape index (κ3) is 5.06. The highest BCUT2D eigenvalue weighted by molar-refractivity contribution is 6.34. The van der Waals surface area contributed by atoms with E-state index < -0.39 is 36.5 Å². The SMILES string of the molecule is Cn1nc(OCC(F)F)c(C(F)(F)F)c1N1C=C(c2ccc(Cl)c(C(=O)NC3CC3)c2)CN1. The molecule has 1 aliphatic heterocycles. The normalized spacial score (nSPS) is 16.4. The first-order chi connectivity index (χ1) is 15.5. The van der Waals surface area contributed by atoms with Crippen molar-refractivity contribution in [2.24, 2.45) is 7.05 Å². The molecular formula is C20H19ClF5N5O2. The van der Waals surface area contributed by atoms with E-state index in [9.17, 15) is 26.7 Å². The molecule has 0 saturated heterocycles. The van der Waals surface area contributed by atoms with Gasteiger partial charge in [0.15, 0.2) is 18.0 Å².